The molecule has 0 radical (unpaired) electrons. The molecule has 0 aliphatic carbocycles. The standard InChI is InChI=1S/C19H16ClN3O3/c1-12-17(18(23-26-12)13-6-4-3-5-7-13)19(24)22-21-11-14-10-15(20)8-9-16(14)25-2/h3-11H,1-2H3,(H,22,24). The van der Waals surface area contributed by atoms with Crippen LogP contribution in [0.5, 0.6) is 5.75 Å². The summed E-state index contributed by atoms with van der Waals surface area (Å²) in [6, 6.07) is 14.5. The summed E-state index contributed by atoms with van der Waals surface area (Å²) in [6.45, 7) is 1.68. The van der Waals surface area contributed by atoms with Crippen LogP contribution in [0.1, 0.15) is 21.7 Å². The van der Waals surface area contributed by atoms with Gasteiger partial charge in [0.2, 0.25) is 0 Å². The van der Waals surface area contributed by atoms with E-state index in [1.54, 1.807) is 32.2 Å². The van der Waals surface area contributed by atoms with Gasteiger partial charge in [0.05, 0.1) is 13.3 Å². The average molecular weight is 370 g/mol. The number of aromatic nitrogens is 1. The fraction of sp³-hybridized carbons (Fsp3) is 0.105. The summed E-state index contributed by atoms with van der Waals surface area (Å²) in [5.41, 5.74) is 4.73. The third kappa shape index (κ3) is 3.75. The Morgan fingerprint density at radius 2 is 2.04 bits per heavy atom. The maximum absolute atomic E-state index is 12.6. The third-order valence-electron chi connectivity index (χ3n) is 3.70. The highest BCUT2D eigenvalue weighted by Gasteiger charge is 2.21. The lowest BCUT2D eigenvalue weighted by molar-refractivity contribution is 0.0954. The number of methoxy groups -OCH3 is 1. The van der Waals surface area contributed by atoms with Gasteiger partial charge in [-0.2, -0.15) is 5.10 Å². The Balaban J connectivity index is 1.82. The molecule has 0 spiro atoms. The van der Waals surface area contributed by atoms with Crippen molar-refractivity contribution in [2.45, 2.75) is 6.92 Å². The second-order valence-corrected chi connectivity index (χ2v) is 5.85. The number of hydrazone groups is 1. The van der Waals surface area contributed by atoms with E-state index in [0.717, 1.165) is 5.56 Å². The van der Waals surface area contributed by atoms with E-state index in [1.807, 2.05) is 30.3 Å². The van der Waals surface area contributed by atoms with E-state index < -0.39 is 5.91 Å². The average Bonchev–Trinajstić information content (AvgIpc) is 3.04. The van der Waals surface area contributed by atoms with Crippen molar-refractivity contribution in [1.29, 1.82) is 0 Å². The van der Waals surface area contributed by atoms with E-state index in [2.05, 4.69) is 15.7 Å². The van der Waals surface area contributed by atoms with E-state index >= 15 is 0 Å². The van der Waals surface area contributed by atoms with Crippen LogP contribution >= 0.6 is 11.6 Å². The summed E-state index contributed by atoms with van der Waals surface area (Å²) < 4.78 is 10.4. The zero-order chi connectivity index (χ0) is 18.5. The molecule has 1 amide bonds. The van der Waals surface area contributed by atoms with Gasteiger partial charge in [0.15, 0.2) is 0 Å². The van der Waals surface area contributed by atoms with Crippen LogP contribution in [-0.4, -0.2) is 24.4 Å². The Labute approximate surface area is 155 Å². The predicted molar refractivity (Wildman–Crippen MR) is 99.7 cm³/mol. The van der Waals surface area contributed by atoms with Gasteiger partial charge in [-0.15, -0.1) is 0 Å². The molecule has 26 heavy (non-hydrogen) atoms. The highest BCUT2D eigenvalue weighted by Crippen LogP contribution is 2.25. The van der Waals surface area contributed by atoms with Crippen LogP contribution in [0.2, 0.25) is 5.02 Å². The molecular weight excluding hydrogens is 354 g/mol. The summed E-state index contributed by atoms with van der Waals surface area (Å²) in [4.78, 5) is 12.6. The summed E-state index contributed by atoms with van der Waals surface area (Å²) >= 11 is 5.98. The van der Waals surface area contributed by atoms with E-state index in [1.165, 1.54) is 6.21 Å². The Hall–Kier alpha value is -3.12. The molecule has 1 aromatic heterocycles. The molecule has 0 atom stereocenters. The van der Waals surface area contributed by atoms with Crippen molar-refractivity contribution in [1.82, 2.24) is 10.6 Å². The van der Waals surface area contributed by atoms with Gasteiger partial charge in [-0.3, -0.25) is 4.79 Å². The van der Waals surface area contributed by atoms with Crippen LogP contribution in [0.15, 0.2) is 58.2 Å². The zero-order valence-electron chi connectivity index (χ0n) is 14.2. The SMILES string of the molecule is COc1ccc(Cl)cc1C=NNC(=O)c1c(-c2ccccc2)noc1C. The fourth-order valence-corrected chi connectivity index (χ4v) is 2.64. The number of carbonyl (C=O) groups excluding carboxylic acids is 1. The lowest BCUT2D eigenvalue weighted by atomic mass is 10.1. The number of benzene rings is 2. The van der Waals surface area contributed by atoms with E-state index in [9.17, 15) is 4.79 Å². The molecule has 0 saturated heterocycles. The molecule has 0 aliphatic heterocycles. The molecule has 2 aromatic carbocycles. The van der Waals surface area contributed by atoms with E-state index in [4.69, 9.17) is 20.9 Å². The number of halogens is 1. The molecule has 3 aromatic rings. The summed E-state index contributed by atoms with van der Waals surface area (Å²) in [5, 5.41) is 8.52. The Morgan fingerprint density at radius 3 is 2.77 bits per heavy atom. The van der Waals surface area contributed by atoms with Gasteiger partial charge in [-0.05, 0) is 25.1 Å². The Morgan fingerprint density at radius 1 is 1.27 bits per heavy atom. The highest BCUT2D eigenvalue weighted by molar-refractivity contribution is 6.30. The van der Waals surface area contributed by atoms with Gasteiger partial charge in [0, 0.05) is 16.1 Å². The molecule has 7 heteroatoms. The first-order valence-corrected chi connectivity index (χ1v) is 8.16. The van der Waals surface area contributed by atoms with Crippen LogP contribution < -0.4 is 10.2 Å². The molecule has 1 heterocycles. The maximum Gasteiger partial charge on any atom is 0.277 e. The minimum absolute atomic E-state index is 0.339. The highest BCUT2D eigenvalue weighted by atomic mass is 35.5. The maximum atomic E-state index is 12.6. The van der Waals surface area contributed by atoms with Gasteiger partial charge in [0.25, 0.3) is 5.91 Å². The van der Waals surface area contributed by atoms with Crippen molar-refractivity contribution >= 4 is 23.7 Å². The lowest BCUT2D eigenvalue weighted by Gasteiger charge is -2.05. The van der Waals surface area contributed by atoms with Crippen molar-refractivity contribution in [2.24, 2.45) is 5.10 Å². The largest absolute Gasteiger partial charge is 0.496 e. The monoisotopic (exact) mass is 369 g/mol. The van der Waals surface area contributed by atoms with Crippen molar-refractivity contribution in [3.05, 3.63) is 70.4 Å². The molecule has 1 N–H and O–H groups in total. The fourth-order valence-electron chi connectivity index (χ4n) is 2.46. The second-order valence-electron chi connectivity index (χ2n) is 5.41. The van der Waals surface area contributed by atoms with Crippen molar-refractivity contribution in [3.8, 4) is 17.0 Å². The summed E-state index contributed by atoms with van der Waals surface area (Å²) in [6.07, 6.45) is 1.47. The number of aryl methyl sites for hydroxylation is 1. The van der Waals surface area contributed by atoms with Gasteiger partial charge >= 0.3 is 0 Å². The minimum Gasteiger partial charge on any atom is -0.496 e. The van der Waals surface area contributed by atoms with Crippen LogP contribution in [-0.2, 0) is 0 Å². The summed E-state index contributed by atoms with van der Waals surface area (Å²) in [7, 11) is 1.55. The number of amides is 1. The molecule has 0 aliphatic rings. The Bertz CT molecular complexity index is 952. The normalized spacial score (nSPS) is 10.9. The van der Waals surface area contributed by atoms with Crippen molar-refractivity contribution in [3.63, 3.8) is 0 Å². The van der Waals surface area contributed by atoms with Gasteiger partial charge in [-0.25, -0.2) is 5.43 Å². The first-order chi connectivity index (χ1) is 12.6. The molecule has 132 valence electrons. The minimum atomic E-state index is -0.417. The number of ether oxygens (including phenoxy) is 1. The number of hydrogen-bond donors (Lipinski definition) is 1. The lowest BCUT2D eigenvalue weighted by Crippen LogP contribution is -2.19. The molecule has 6 nitrogen and oxygen atoms in total. The molecule has 0 fully saturated rings. The molecule has 0 saturated carbocycles. The van der Waals surface area contributed by atoms with Gasteiger partial charge in [-0.1, -0.05) is 47.1 Å². The Kier molecular flexibility index (Phi) is 5.34. The molecule has 0 unspecified atom stereocenters. The van der Waals surface area contributed by atoms with E-state index in [-0.39, 0.29) is 0 Å². The topological polar surface area (TPSA) is 76.7 Å². The first kappa shape index (κ1) is 17.7. The molecule has 0 bridgehead atoms. The number of rotatable bonds is 5. The predicted octanol–water partition coefficient (Wildman–Crippen LogP) is 4.08. The first-order valence-electron chi connectivity index (χ1n) is 7.78. The van der Waals surface area contributed by atoms with Crippen molar-refractivity contribution < 1.29 is 14.1 Å². The van der Waals surface area contributed by atoms with Crippen LogP contribution in [0, 0.1) is 6.92 Å². The quantitative estimate of drug-likeness (QED) is 0.543. The number of nitrogens with one attached hydrogen (secondary N) is 1. The van der Waals surface area contributed by atoms with Crippen molar-refractivity contribution in [2.75, 3.05) is 7.11 Å². The molecular formula is C19H16ClN3O3. The van der Waals surface area contributed by atoms with Crippen LogP contribution in [0.25, 0.3) is 11.3 Å². The van der Waals surface area contributed by atoms with Gasteiger partial charge in [0.1, 0.15) is 22.8 Å². The van der Waals surface area contributed by atoms with Crippen LogP contribution in [0.4, 0.5) is 0 Å². The zero-order valence-corrected chi connectivity index (χ0v) is 14.9. The number of nitrogens with zero attached hydrogens (tertiary/aromatic N) is 2. The third-order valence-corrected chi connectivity index (χ3v) is 3.93. The number of hydrogen-bond acceptors (Lipinski definition) is 5. The number of carbonyl (C=O) groups is 1. The smallest absolute Gasteiger partial charge is 0.277 e. The van der Waals surface area contributed by atoms with Gasteiger partial charge < -0.3 is 9.26 Å². The van der Waals surface area contributed by atoms with Crippen LogP contribution in [0.3, 0.4) is 0 Å². The summed E-state index contributed by atoms with van der Waals surface area (Å²) in [5.74, 6) is 0.593. The van der Waals surface area contributed by atoms with E-state index in [0.29, 0.717) is 33.4 Å². The second kappa shape index (κ2) is 7.84. The molecule has 3 rings (SSSR count).